The Hall–Kier alpha value is -2.24. The summed E-state index contributed by atoms with van der Waals surface area (Å²) in [6.45, 7) is 4.28. The van der Waals surface area contributed by atoms with Gasteiger partial charge < -0.3 is 4.90 Å². The second-order valence-electron chi connectivity index (χ2n) is 6.26. The van der Waals surface area contributed by atoms with Crippen LogP contribution in [-0.2, 0) is 11.2 Å². The minimum Gasteiger partial charge on any atom is -0.341 e. The van der Waals surface area contributed by atoms with E-state index in [0.29, 0.717) is 31.2 Å². The first-order chi connectivity index (χ1) is 11.1. The minimum absolute atomic E-state index is 0.0297. The van der Waals surface area contributed by atoms with Crippen LogP contribution >= 0.6 is 0 Å². The molecule has 1 amide bonds. The van der Waals surface area contributed by atoms with Crippen LogP contribution in [-0.4, -0.2) is 45.8 Å². The number of nitrogens with one attached hydrogen (secondary N) is 1. The van der Waals surface area contributed by atoms with Gasteiger partial charge in [-0.25, -0.2) is 4.98 Å². The maximum absolute atomic E-state index is 13.3. The lowest BCUT2D eigenvalue weighted by molar-refractivity contribution is -0.129. The number of benzene rings is 1. The number of carbonyl (C=O) groups excluding carboxylic acids is 1. The SMILES string of the molecule is Cc1ccc(CC(=O)N2CC(CF)C(c3n[nH]c(C)n3)C2)cc1. The van der Waals surface area contributed by atoms with Crippen LogP contribution in [0, 0.1) is 19.8 Å². The average Bonchev–Trinajstić information content (AvgIpc) is 3.15. The normalized spacial score (nSPS) is 20.9. The highest BCUT2D eigenvalue weighted by molar-refractivity contribution is 5.79. The van der Waals surface area contributed by atoms with Crippen LogP contribution in [0.2, 0.25) is 0 Å². The summed E-state index contributed by atoms with van der Waals surface area (Å²) >= 11 is 0. The predicted octanol–water partition coefficient (Wildman–Crippen LogP) is 2.18. The zero-order valence-electron chi connectivity index (χ0n) is 13.4. The second-order valence-corrected chi connectivity index (χ2v) is 6.26. The molecule has 0 aliphatic carbocycles. The molecule has 5 nitrogen and oxygen atoms in total. The largest absolute Gasteiger partial charge is 0.341 e. The van der Waals surface area contributed by atoms with Gasteiger partial charge in [-0.2, -0.15) is 5.10 Å². The van der Waals surface area contributed by atoms with Gasteiger partial charge >= 0.3 is 0 Å². The van der Waals surface area contributed by atoms with Crippen molar-refractivity contribution in [3.05, 3.63) is 47.0 Å². The van der Waals surface area contributed by atoms with Crippen molar-refractivity contribution in [2.45, 2.75) is 26.2 Å². The molecule has 1 fully saturated rings. The molecule has 0 spiro atoms. The zero-order chi connectivity index (χ0) is 16.4. The van der Waals surface area contributed by atoms with E-state index >= 15 is 0 Å². The molecule has 6 heteroatoms. The molecule has 3 rings (SSSR count). The van der Waals surface area contributed by atoms with Crippen LogP contribution in [0.3, 0.4) is 0 Å². The Morgan fingerprint density at radius 3 is 2.65 bits per heavy atom. The molecule has 1 aliphatic heterocycles. The summed E-state index contributed by atoms with van der Waals surface area (Å²) < 4.78 is 13.3. The van der Waals surface area contributed by atoms with Crippen molar-refractivity contribution in [2.75, 3.05) is 19.8 Å². The fourth-order valence-electron chi connectivity index (χ4n) is 3.04. The number of halogens is 1. The van der Waals surface area contributed by atoms with Crippen molar-refractivity contribution >= 4 is 5.91 Å². The summed E-state index contributed by atoms with van der Waals surface area (Å²) in [5, 5.41) is 6.94. The first kappa shape index (κ1) is 15.6. The number of alkyl halides is 1. The van der Waals surface area contributed by atoms with E-state index in [2.05, 4.69) is 15.2 Å². The Labute approximate surface area is 134 Å². The highest BCUT2D eigenvalue weighted by atomic mass is 19.1. The third-order valence-corrected chi connectivity index (χ3v) is 4.41. The number of H-pyrrole nitrogens is 1. The number of aromatic nitrogens is 3. The van der Waals surface area contributed by atoms with Gasteiger partial charge in [-0.15, -0.1) is 0 Å². The van der Waals surface area contributed by atoms with E-state index in [0.717, 1.165) is 5.56 Å². The van der Waals surface area contributed by atoms with Crippen LogP contribution < -0.4 is 0 Å². The molecule has 1 aliphatic rings. The smallest absolute Gasteiger partial charge is 0.227 e. The van der Waals surface area contributed by atoms with E-state index in [1.165, 1.54) is 5.56 Å². The third-order valence-electron chi connectivity index (χ3n) is 4.41. The van der Waals surface area contributed by atoms with Gasteiger partial charge in [0.2, 0.25) is 5.91 Å². The van der Waals surface area contributed by atoms with Gasteiger partial charge in [0.1, 0.15) is 5.82 Å². The summed E-state index contributed by atoms with van der Waals surface area (Å²) in [6.07, 6.45) is 0.346. The van der Waals surface area contributed by atoms with Crippen LogP contribution in [0.4, 0.5) is 4.39 Å². The highest BCUT2D eigenvalue weighted by Crippen LogP contribution is 2.31. The van der Waals surface area contributed by atoms with Crippen LogP contribution in [0.5, 0.6) is 0 Å². The molecule has 23 heavy (non-hydrogen) atoms. The fraction of sp³-hybridized carbons (Fsp3) is 0.471. The van der Waals surface area contributed by atoms with Crippen molar-refractivity contribution in [1.82, 2.24) is 20.1 Å². The third kappa shape index (κ3) is 3.41. The number of rotatable bonds is 4. The molecule has 122 valence electrons. The van der Waals surface area contributed by atoms with Gasteiger partial charge in [0.15, 0.2) is 5.82 Å². The van der Waals surface area contributed by atoms with Crippen molar-refractivity contribution < 1.29 is 9.18 Å². The van der Waals surface area contributed by atoms with Crippen molar-refractivity contribution in [1.29, 1.82) is 0 Å². The van der Waals surface area contributed by atoms with Gasteiger partial charge in [-0.05, 0) is 19.4 Å². The van der Waals surface area contributed by atoms with Crippen molar-refractivity contribution in [3.63, 3.8) is 0 Å². The standard InChI is InChI=1S/C17H21FN4O/c1-11-3-5-13(6-4-11)7-16(23)22-9-14(8-18)15(10-22)17-19-12(2)20-21-17/h3-6,14-15H,7-10H2,1-2H3,(H,19,20,21). The maximum atomic E-state index is 13.3. The molecule has 2 atom stereocenters. The number of aromatic amines is 1. The Morgan fingerprint density at radius 1 is 1.30 bits per heavy atom. The molecule has 1 saturated heterocycles. The van der Waals surface area contributed by atoms with Gasteiger partial charge in [-0.1, -0.05) is 29.8 Å². The lowest BCUT2D eigenvalue weighted by Crippen LogP contribution is -2.30. The van der Waals surface area contributed by atoms with E-state index in [-0.39, 0.29) is 17.7 Å². The molecular formula is C17H21FN4O. The minimum atomic E-state index is -0.466. The summed E-state index contributed by atoms with van der Waals surface area (Å²) in [5.41, 5.74) is 2.15. The van der Waals surface area contributed by atoms with Crippen molar-refractivity contribution in [2.24, 2.45) is 5.92 Å². The summed E-state index contributed by atoms with van der Waals surface area (Å²) in [6, 6.07) is 7.92. The number of nitrogens with zero attached hydrogens (tertiary/aromatic N) is 3. The van der Waals surface area contributed by atoms with Gasteiger partial charge in [-0.3, -0.25) is 14.3 Å². The topological polar surface area (TPSA) is 61.9 Å². The van der Waals surface area contributed by atoms with Crippen LogP contribution in [0.25, 0.3) is 0 Å². The van der Waals surface area contributed by atoms with Crippen LogP contribution in [0.1, 0.15) is 28.7 Å². The Kier molecular flexibility index (Phi) is 4.41. The molecule has 0 saturated carbocycles. The van der Waals surface area contributed by atoms with Gasteiger partial charge in [0, 0.05) is 24.9 Å². The summed E-state index contributed by atoms with van der Waals surface area (Å²) in [7, 11) is 0. The molecule has 1 aromatic carbocycles. The van der Waals surface area contributed by atoms with E-state index in [1.807, 2.05) is 38.1 Å². The van der Waals surface area contributed by atoms with Gasteiger partial charge in [0.25, 0.3) is 0 Å². The van der Waals surface area contributed by atoms with Crippen molar-refractivity contribution in [3.8, 4) is 0 Å². The van der Waals surface area contributed by atoms with Crippen LogP contribution in [0.15, 0.2) is 24.3 Å². The molecule has 0 radical (unpaired) electrons. The quantitative estimate of drug-likeness (QED) is 0.940. The number of aryl methyl sites for hydroxylation is 2. The predicted molar refractivity (Wildman–Crippen MR) is 84.8 cm³/mol. The number of hydrogen-bond donors (Lipinski definition) is 1. The number of hydrogen-bond acceptors (Lipinski definition) is 3. The lowest BCUT2D eigenvalue weighted by atomic mass is 9.97. The molecule has 1 aromatic heterocycles. The van der Waals surface area contributed by atoms with E-state index in [9.17, 15) is 9.18 Å². The number of amides is 1. The molecular weight excluding hydrogens is 295 g/mol. The fourth-order valence-corrected chi connectivity index (χ4v) is 3.04. The molecule has 0 bridgehead atoms. The monoisotopic (exact) mass is 316 g/mol. The van der Waals surface area contributed by atoms with E-state index < -0.39 is 6.67 Å². The first-order valence-electron chi connectivity index (χ1n) is 7.85. The maximum Gasteiger partial charge on any atom is 0.227 e. The molecule has 2 unspecified atom stereocenters. The molecule has 2 aromatic rings. The first-order valence-corrected chi connectivity index (χ1v) is 7.85. The Morgan fingerprint density at radius 2 is 2.04 bits per heavy atom. The summed E-state index contributed by atoms with van der Waals surface area (Å²) in [5.74, 6) is 0.985. The second kappa shape index (κ2) is 6.48. The van der Waals surface area contributed by atoms with E-state index in [1.54, 1.807) is 4.90 Å². The number of carbonyl (C=O) groups is 1. The van der Waals surface area contributed by atoms with E-state index in [4.69, 9.17) is 0 Å². The number of likely N-dealkylation sites (tertiary alicyclic amines) is 1. The zero-order valence-corrected chi connectivity index (χ0v) is 13.4. The molecule has 2 heterocycles. The molecule has 1 N–H and O–H groups in total. The summed E-state index contributed by atoms with van der Waals surface area (Å²) in [4.78, 5) is 18.5. The Balaban J connectivity index is 1.69. The highest BCUT2D eigenvalue weighted by Gasteiger charge is 2.38. The van der Waals surface area contributed by atoms with Gasteiger partial charge in [0.05, 0.1) is 13.1 Å². The Bertz CT molecular complexity index is 682. The average molecular weight is 316 g/mol. The lowest BCUT2D eigenvalue weighted by Gasteiger charge is -2.16.